The van der Waals surface area contributed by atoms with E-state index >= 15 is 0 Å². The molecular formula is C13H21FN2O2. The molecule has 1 rings (SSSR count). The molecule has 0 saturated heterocycles. The topological polar surface area (TPSA) is 58.7 Å². The van der Waals surface area contributed by atoms with Crippen LogP contribution in [-0.2, 0) is 4.74 Å². The first-order chi connectivity index (χ1) is 8.72. The van der Waals surface area contributed by atoms with Crippen LogP contribution < -0.4 is 5.73 Å². The minimum Gasteiger partial charge on any atom is -0.395 e. The van der Waals surface area contributed by atoms with Gasteiger partial charge in [-0.05, 0) is 17.7 Å². The maximum atomic E-state index is 13.2. The van der Waals surface area contributed by atoms with Crippen molar-refractivity contribution in [2.45, 2.75) is 6.04 Å². The van der Waals surface area contributed by atoms with Crippen LogP contribution in [0.3, 0.4) is 0 Å². The van der Waals surface area contributed by atoms with Crippen LogP contribution in [0.5, 0.6) is 0 Å². The summed E-state index contributed by atoms with van der Waals surface area (Å²) in [4.78, 5) is 2.00. The summed E-state index contributed by atoms with van der Waals surface area (Å²) in [6, 6.07) is 6.29. The molecule has 4 nitrogen and oxygen atoms in total. The molecule has 0 aliphatic rings. The lowest BCUT2D eigenvalue weighted by Gasteiger charge is -2.30. The molecule has 0 radical (unpaired) electrons. The summed E-state index contributed by atoms with van der Waals surface area (Å²) in [6.45, 7) is 2.09. The average Bonchev–Trinajstić information content (AvgIpc) is 2.37. The summed E-state index contributed by atoms with van der Waals surface area (Å²) in [7, 11) is 1.62. The minimum atomic E-state index is -0.276. The molecule has 0 aromatic heterocycles. The van der Waals surface area contributed by atoms with Crippen LogP contribution in [0.4, 0.5) is 4.39 Å². The van der Waals surface area contributed by atoms with Crippen molar-refractivity contribution in [1.29, 1.82) is 0 Å². The predicted octanol–water partition coefficient (Wildman–Crippen LogP) is 0.766. The van der Waals surface area contributed by atoms with E-state index in [0.29, 0.717) is 26.2 Å². The van der Waals surface area contributed by atoms with Gasteiger partial charge < -0.3 is 15.6 Å². The molecule has 0 aliphatic heterocycles. The lowest BCUT2D eigenvalue weighted by molar-refractivity contribution is 0.103. The molecule has 5 heteroatoms. The number of ether oxygens (including phenoxy) is 1. The standard InChI is InChI=1S/C13H21FN2O2/c1-18-8-6-16(5-7-17)13(10-15)11-3-2-4-12(14)9-11/h2-4,9,13,17H,5-8,10,15H2,1H3. The molecule has 0 heterocycles. The summed E-state index contributed by atoms with van der Waals surface area (Å²) < 4.78 is 18.3. The third kappa shape index (κ3) is 4.34. The van der Waals surface area contributed by atoms with E-state index in [4.69, 9.17) is 15.6 Å². The maximum Gasteiger partial charge on any atom is 0.123 e. The van der Waals surface area contributed by atoms with Crippen molar-refractivity contribution in [2.24, 2.45) is 5.73 Å². The predicted molar refractivity (Wildman–Crippen MR) is 68.7 cm³/mol. The molecule has 102 valence electrons. The lowest BCUT2D eigenvalue weighted by atomic mass is 10.1. The fourth-order valence-corrected chi connectivity index (χ4v) is 1.97. The van der Waals surface area contributed by atoms with Crippen LogP contribution in [0.25, 0.3) is 0 Å². The van der Waals surface area contributed by atoms with Crippen LogP contribution >= 0.6 is 0 Å². The van der Waals surface area contributed by atoms with Crippen molar-refractivity contribution in [2.75, 3.05) is 40.0 Å². The van der Waals surface area contributed by atoms with E-state index in [0.717, 1.165) is 5.56 Å². The molecule has 0 saturated carbocycles. The van der Waals surface area contributed by atoms with E-state index < -0.39 is 0 Å². The second-order valence-electron chi connectivity index (χ2n) is 4.06. The largest absolute Gasteiger partial charge is 0.395 e. The van der Waals surface area contributed by atoms with Gasteiger partial charge in [0.25, 0.3) is 0 Å². The van der Waals surface area contributed by atoms with Crippen LogP contribution in [-0.4, -0.2) is 50.0 Å². The molecule has 0 bridgehead atoms. The Morgan fingerprint density at radius 3 is 2.78 bits per heavy atom. The Hall–Kier alpha value is -1.01. The Morgan fingerprint density at radius 1 is 1.44 bits per heavy atom. The summed E-state index contributed by atoms with van der Waals surface area (Å²) in [5.74, 6) is -0.276. The van der Waals surface area contributed by atoms with Gasteiger partial charge in [0.05, 0.1) is 13.2 Å². The summed E-state index contributed by atoms with van der Waals surface area (Å²) >= 11 is 0. The molecule has 1 aromatic carbocycles. The van der Waals surface area contributed by atoms with E-state index in [1.807, 2.05) is 11.0 Å². The molecule has 0 amide bonds. The number of benzene rings is 1. The van der Waals surface area contributed by atoms with Crippen molar-refractivity contribution >= 4 is 0 Å². The van der Waals surface area contributed by atoms with E-state index in [2.05, 4.69) is 0 Å². The van der Waals surface area contributed by atoms with Gasteiger partial charge in [-0.3, -0.25) is 4.90 Å². The molecule has 18 heavy (non-hydrogen) atoms. The van der Waals surface area contributed by atoms with E-state index in [9.17, 15) is 4.39 Å². The van der Waals surface area contributed by atoms with Crippen LogP contribution in [0.15, 0.2) is 24.3 Å². The van der Waals surface area contributed by atoms with Crippen molar-refractivity contribution in [3.63, 3.8) is 0 Å². The fourth-order valence-electron chi connectivity index (χ4n) is 1.97. The number of rotatable bonds is 8. The highest BCUT2D eigenvalue weighted by molar-refractivity contribution is 5.20. The van der Waals surface area contributed by atoms with Crippen molar-refractivity contribution in [3.05, 3.63) is 35.6 Å². The third-order valence-corrected chi connectivity index (χ3v) is 2.87. The first kappa shape index (κ1) is 15.0. The zero-order chi connectivity index (χ0) is 13.4. The van der Waals surface area contributed by atoms with Crippen molar-refractivity contribution in [1.82, 2.24) is 4.90 Å². The smallest absolute Gasteiger partial charge is 0.123 e. The molecule has 0 aliphatic carbocycles. The van der Waals surface area contributed by atoms with E-state index in [1.165, 1.54) is 12.1 Å². The highest BCUT2D eigenvalue weighted by atomic mass is 19.1. The number of nitrogens with zero attached hydrogens (tertiary/aromatic N) is 1. The third-order valence-electron chi connectivity index (χ3n) is 2.87. The van der Waals surface area contributed by atoms with Gasteiger partial charge in [-0.25, -0.2) is 4.39 Å². The second kappa shape index (κ2) is 8.16. The second-order valence-corrected chi connectivity index (χ2v) is 4.06. The normalized spacial score (nSPS) is 12.9. The highest BCUT2D eigenvalue weighted by Crippen LogP contribution is 2.20. The molecule has 1 aromatic rings. The SMILES string of the molecule is COCCN(CCO)C(CN)c1cccc(F)c1. The minimum absolute atomic E-state index is 0.0372. The Kier molecular flexibility index (Phi) is 6.82. The van der Waals surface area contributed by atoms with Crippen molar-refractivity contribution in [3.8, 4) is 0 Å². The average molecular weight is 256 g/mol. The molecule has 0 spiro atoms. The molecule has 0 fully saturated rings. The number of hydrogen-bond donors (Lipinski definition) is 2. The van der Waals surface area contributed by atoms with Gasteiger partial charge >= 0.3 is 0 Å². The summed E-state index contributed by atoms with van der Waals surface area (Å²) in [5.41, 5.74) is 6.59. The number of methoxy groups -OCH3 is 1. The first-order valence-electron chi connectivity index (χ1n) is 6.02. The van der Waals surface area contributed by atoms with Crippen LogP contribution in [0, 0.1) is 5.82 Å². The number of nitrogens with two attached hydrogens (primary N) is 1. The van der Waals surface area contributed by atoms with Gasteiger partial charge in [0.2, 0.25) is 0 Å². The van der Waals surface area contributed by atoms with E-state index in [1.54, 1.807) is 13.2 Å². The van der Waals surface area contributed by atoms with Crippen LogP contribution in [0.1, 0.15) is 11.6 Å². The van der Waals surface area contributed by atoms with Gasteiger partial charge in [0, 0.05) is 32.8 Å². The van der Waals surface area contributed by atoms with Gasteiger partial charge in [-0.1, -0.05) is 12.1 Å². The van der Waals surface area contributed by atoms with Gasteiger partial charge in [-0.15, -0.1) is 0 Å². The summed E-state index contributed by atoms with van der Waals surface area (Å²) in [5, 5.41) is 9.08. The monoisotopic (exact) mass is 256 g/mol. The van der Waals surface area contributed by atoms with Gasteiger partial charge in [0.1, 0.15) is 5.82 Å². The lowest BCUT2D eigenvalue weighted by Crippen LogP contribution is -2.38. The Balaban J connectivity index is 2.83. The summed E-state index contributed by atoms with van der Waals surface area (Å²) in [6.07, 6.45) is 0. The molecular weight excluding hydrogens is 235 g/mol. The number of halogens is 1. The fraction of sp³-hybridized carbons (Fsp3) is 0.538. The quantitative estimate of drug-likeness (QED) is 0.721. The Labute approximate surface area is 107 Å². The number of aliphatic hydroxyl groups is 1. The highest BCUT2D eigenvalue weighted by Gasteiger charge is 2.18. The number of hydrogen-bond acceptors (Lipinski definition) is 4. The Morgan fingerprint density at radius 2 is 2.22 bits per heavy atom. The van der Waals surface area contributed by atoms with Gasteiger partial charge in [0.15, 0.2) is 0 Å². The first-order valence-corrected chi connectivity index (χ1v) is 6.02. The van der Waals surface area contributed by atoms with Crippen LogP contribution in [0.2, 0.25) is 0 Å². The zero-order valence-electron chi connectivity index (χ0n) is 10.7. The van der Waals surface area contributed by atoms with E-state index in [-0.39, 0.29) is 18.5 Å². The van der Waals surface area contributed by atoms with Gasteiger partial charge in [-0.2, -0.15) is 0 Å². The zero-order valence-corrected chi connectivity index (χ0v) is 10.7. The maximum absolute atomic E-state index is 13.2. The molecule has 1 atom stereocenters. The van der Waals surface area contributed by atoms with Crippen molar-refractivity contribution < 1.29 is 14.2 Å². The Bertz CT molecular complexity index is 350. The molecule has 3 N–H and O–H groups in total. The molecule has 1 unspecified atom stereocenters. The number of aliphatic hydroxyl groups excluding tert-OH is 1.